The van der Waals surface area contributed by atoms with Gasteiger partial charge in [0.05, 0.1) is 12.7 Å². The number of benzene rings is 2. The van der Waals surface area contributed by atoms with Gasteiger partial charge in [-0.25, -0.2) is 28.2 Å². The zero-order valence-electron chi connectivity index (χ0n) is 13.4. The van der Waals surface area contributed by atoms with Crippen LogP contribution in [0, 0.1) is 23.3 Å². The quantitative estimate of drug-likeness (QED) is 0.204. The molecule has 0 spiro atoms. The average Bonchev–Trinajstić information content (AvgIpc) is 2.67. The van der Waals surface area contributed by atoms with E-state index in [1.165, 1.54) is 7.11 Å². The summed E-state index contributed by atoms with van der Waals surface area (Å²) in [4.78, 5) is 21.5. The number of carbonyl (C=O) groups is 2. The molecule has 0 unspecified atom stereocenters. The summed E-state index contributed by atoms with van der Waals surface area (Å²) in [6, 6.07) is 5.60. The van der Waals surface area contributed by atoms with E-state index in [-0.39, 0.29) is 11.1 Å². The zero-order valence-corrected chi connectivity index (χ0v) is 13.4. The number of nitrogen functional groups attached to an aromatic ring is 1. The molecule has 2 aromatic carbocycles. The van der Waals surface area contributed by atoms with Gasteiger partial charge < -0.3 is 4.74 Å². The first-order valence-electron chi connectivity index (χ1n) is 6.62. The van der Waals surface area contributed by atoms with Crippen LogP contribution in [0.3, 0.4) is 0 Å². The molecule has 142 valence electrons. The maximum absolute atomic E-state index is 12.5. The molecule has 7 N–H and O–H groups in total. The molecule has 0 aliphatic heterocycles. The molecule has 11 heteroatoms. The zero-order chi connectivity index (χ0) is 20.3. The number of amides is 1. The summed E-state index contributed by atoms with van der Waals surface area (Å²) in [6.45, 7) is 0. The summed E-state index contributed by atoms with van der Waals surface area (Å²) >= 11 is 0. The second-order valence-corrected chi connectivity index (χ2v) is 4.22. The lowest BCUT2D eigenvalue weighted by molar-refractivity contribution is 0.0600. The molecule has 26 heavy (non-hydrogen) atoms. The van der Waals surface area contributed by atoms with Gasteiger partial charge in [-0.15, -0.1) is 0 Å². The van der Waals surface area contributed by atoms with E-state index in [0.29, 0.717) is 0 Å². The number of carbonyl (C=O) groups excluding carboxylic acids is 2. The molecular weight excluding hydrogens is 360 g/mol. The van der Waals surface area contributed by atoms with Crippen LogP contribution in [0.25, 0.3) is 0 Å². The minimum absolute atomic E-state index is 0.00333. The van der Waals surface area contributed by atoms with Gasteiger partial charge in [0.25, 0.3) is 5.91 Å². The molecule has 0 saturated heterocycles. The van der Waals surface area contributed by atoms with E-state index in [9.17, 15) is 27.2 Å². The van der Waals surface area contributed by atoms with Gasteiger partial charge in [0.1, 0.15) is 0 Å². The Bertz CT molecular complexity index is 696. The van der Waals surface area contributed by atoms with E-state index in [0.717, 1.165) is 36.4 Å². The van der Waals surface area contributed by atoms with Crippen LogP contribution in [0.1, 0.15) is 20.7 Å². The van der Waals surface area contributed by atoms with Crippen molar-refractivity contribution in [1.29, 1.82) is 0 Å². The van der Waals surface area contributed by atoms with Crippen molar-refractivity contribution in [3.8, 4) is 0 Å². The Balaban J connectivity index is 0.000000439. The first-order valence-corrected chi connectivity index (χ1v) is 6.62. The molecule has 0 radical (unpaired) electrons. The van der Waals surface area contributed by atoms with Gasteiger partial charge in [0.15, 0.2) is 23.3 Å². The molecule has 7 nitrogen and oxygen atoms in total. The number of ether oxygens (including phenoxy) is 1. The predicted octanol–water partition coefficient (Wildman–Crippen LogP) is 1.14. The molecule has 2 rings (SSSR count). The van der Waals surface area contributed by atoms with E-state index >= 15 is 0 Å². The number of methoxy groups -OCH3 is 1. The van der Waals surface area contributed by atoms with Crippen molar-refractivity contribution in [1.82, 2.24) is 5.43 Å². The number of nitrogens with one attached hydrogen (secondary N) is 1. The van der Waals surface area contributed by atoms with Gasteiger partial charge in [0, 0.05) is 5.56 Å². The third-order valence-electron chi connectivity index (χ3n) is 2.65. The lowest BCUT2D eigenvalue weighted by Crippen LogP contribution is -2.30. The van der Waals surface area contributed by atoms with Crippen LogP contribution in [0.2, 0.25) is 0 Å². The van der Waals surface area contributed by atoms with Gasteiger partial charge >= 0.3 is 5.97 Å². The number of nitrogens with two attached hydrogens (primary N) is 3. The fourth-order valence-corrected chi connectivity index (χ4v) is 1.46. The molecule has 0 heterocycles. The predicted molar refractivity (Wildman–Crippen MR) is 84.1 cm³/mol. The van der Waals surface area contributed by atoms with Crippen molar-refractivity contribution in [2.75, 3.05) is 7.11 Å². The van der Waals surface area contributed by atoms with Crippen molar-refractivity contribution in [3.05, 3.63) is 70.8 Å². The van der Waals surface area contributed by atoms with Gasteiger partial charge in [-0.2, -0.15) is 0 Å². The number of halogens is 4. The molecule has 0 fully saturated rings. The fourth-order valence-electron chi connectivity index (χ4n) is 1.46. The number of esters is 1. The molecule has 0 saturated carbocycles. The van der Waals surface area contributed by atoms with E-state index in [1.807, 2.05) is 0 Å². The smallest absolute Gasteiger partial charge is 0.337 e. The molecule has 0 bridgehead atoms. The summed E-state index contributed by atoms with van der Waals surface area (Å²) in [6.07, 6.45) is 0. The monoisotopic (exact) mass is 376 g/mol. The number of hydrazine groups is 2. The number of hydrogen-bond donors (Lipinski definition) is 4. The van der Waals surface area contributed by atoms with Crippen molar-refractivity contribution in [2.24, 2.45) is 17.5 Å². The van der Waals surface area contributed by atoms with Crippen LogP contribution in [-0.2, 0) is 4.74 Å². The van der Waals surface area contributed by atoms with Crippen LogP contribution < -0.4 is 23.0 Å². The van der Waals surface area contributed by atoms with Crippen LogP contribution in [-0.4, -0.2) is 19.0 Å². The fraction of sp³-hybridized carbons (Fsp3) is 0.0667. The number of rotatable bonds is 2. The topological polar surface area (TPSA) is 133 Å². The summed E-state index contributed by atoms with van der Waals surface area (Å²) in [5, 5.41) is 0. The van der Waals surface area contributed by atoms with Gasteiger partial charge in [-0.05, 0) is 36.4 Å². The van der Waals surface area contributed by atoms with Crippen LogP contribution >= 0.6 is 0 Å². The van der Waals surface area contributed by atoms with Crippen LogP contribution in [0.15, 0.2) is 36.4 Å². The SMILES string of the molecule is COC(=O)c1ccc(F)c(F)c1.NN.NNC(=O)c1ccc(F)c(F)c1. The summed E-state index contributed by atoms with van der Waals surface area (Å²) in [5.74, 6) is 7.32. The third kappa shape index (κ3) is 6.84. The van der Waals surface area contributed by atoms with Crippen molar-refractivity contribution in [2.45, 2.75) is 0 Å². The minimum Gasteiger partial charge on any atom is -0.465 e. The second kappa shape index (κ2) is 11.5. The molecule has 0 aromatic heterocycles. The lowest BCUT2D eigenvalue weighted by Gasteiger charge is -1.98. The summed E-state index contributed by atoms with van der Waals surface area (Å²) < 4.78 is 53.9. The maximum Gasteiger partial charge on any atom is 0.337 e. The Morgan fingerprint density at radius 1 is 0.846 bits per heavy atom. The highest BCUT2D eigenvalue weighted by Crippen LogP contribution is 2.09. The van der Waals surface area contributed by atoms with Gasteiger partial charge in [-0.1, -0.05) is 0 Å². The standard InChI is InChI=1S/C8H6F2O2.C7H6F2N2O.H4N2/c1-12-8(11)5-2-3-6(9)7(10)4-5;8-5-2-1-4(3-6(5)9)7(12)11-10;1-2/h2-4H,1H3;1-3H,10H2,(H,11,12);1-2H2. The van der Waals surface area contributed by atoms with Gasteiger partial charge in [0.2, 0.25) is 0 Å². The van der Waals surface area contributed by atoms with E-state index in [4.69, 9.17) is 5.84 Å². The molecule has 0 aliphatic carbocycles. The third-order valence-corrected chi connectivity index (χ3v) is 2.65. The molecular formula is C15H16F4N4O3. The Morgan fingerprint density at radius 3 is 1.65 bits per heavy atom. The molecule has 2 aromatic rings. The van der Waals surface area contributed by atoms with Crippen LogP contribution in [0.4, 0.5) is 17.6 Å². The van der Waals surface area contributed by atoms with E-state index in [2.05, 4.69) is 16.4 Å². The van der Waals surface area contributed by atoms with Gasteiger partial charge in [-0.3, -0.25) is 21.9 Å². The lowest BCUT2D eigenvalue weighted by atomic mass is 10.2. The summed E-state index contributed by atoms with van der Waals surface area (Å²) in [7, 11) is 1.17. The van der Waals surface area contributed by atoms with Crippen molar-refractivity contribution < 1.29 is 31.9 Å². The first kappa shape index (κ1) is 23.0. The minimum atomic E-state index is -1.07. The molecule has 1 amide bonds. The second-order valence-electron chi connectivity index (χ2n) is 4.22. The molecule has 0 atom stereocenters. The largest absolute Gasteiger partial charge is 0.465 e. The number of hydrogen-bond acceptors (Lipinski definition) is 6. The van der Waals surface area contributed by atoms with Crippen molar-refractivity contribution >= 4 is 11.9 Å². The maximum atomic E-state index is 12.5. The Labute approximate surface area is 145 Å². The van der Waals surface area contributed by atoms with Crippen LogP contribution in [0.5, 0.6) is 0 Å². The van der Waals surface area contributed by atoms with Crippen molar-refractivity contribution in [3.63, 3.8) is 0 Å². The normalized spacial score (nSPS) is 9.08. The summed E-state index contributed by atoms with van der Waals surface area (Å²) in [5.41, 5.74) is 1.78. The highest BCUT2D eigenvalue weighted by molar-refractivity contribution is 5.93. The Hall–Kier alpha value is -3.02. The van der Waals surface area contributed by atoms with E-state index < -0.39 is 35.1 Å². The average molecular weight is 376 g/mol. The highest BCUT2D eigenvalue weighted by atomic mass is 19.2. The Kier molecular flexibility index (Phi) is 10.2. The Morgan fingerprint density at radius 2 is 1.27 bits per heavy atom. The first-order chi connectivity index (χ1) is 12.3. The van der Waals surface area contributed by atoms with E-state index in [1.54, 1.807) is 5.43 Å². The molecule has 0 aliphatic rings. The highest BCUT2D eigenvalue weighted by Gasteiger charge is 2.09.